The highest BCUT2D eigenvalue weighted by Gasteiger charge is 2.39. The van der Waals surface area contributed by atoms with Crippen molar-refractivity contribution in [3.05, 3.63) is 0 Å². The number of likely N-dealkylation sites (tertiary alicyclic amines) is 1. The van der Waals surface area contributed by atoms with Gasteiger partial charge in [-0.15, -0.1) is 0 Å². The molecule has 0 aromatic heterocycles. The summed E-state index contributed by atoms with van der Waals surface area (Å²) in [4.78, 5) is 18.5. The molecule has 2 amide bonds. The van der Waals surface area contributed by atoms with Gasteiger partial charge in [0.25, 0.3) is 0 Å². The third-order valence-corrected chi connectivity index (χ3v) is 4.42. The molecule has 0 bridgehead atoms. The molecule has 1 unspecified atom stereocenters. The Bertz CT molecular complexity index is 289. The maximum absolute atomic E-state index is 12.1. The molecule has 0 spiro atoms. The number of carbonyl (C=O) groups excluding carboxylic acids is 1. The highest BCUT2D eigenvalue weighted by molar-refractivity contribution is 5.77. The lowest BCUT2D eigenvalue weighted by atomic mass is 9.89. The summed E-state index contributed by atoms with van der Waals surface area (Å²) in [6.07, 6.45) is 2.44. The lowest BCUT2D eigenvalue weighted by Crippen LogP contribution is -2.42. The molecule has 0 aromatic carbocycles. The average molecular weight is 254 g/mol. The van der Waals surface area contributed by atoms with Gasteiger partial charge >= 0.3 is 6.03 Å². The van der Waals surface area contributed by atoms with Crippen LogP contribution in [0.1, 0.15) is 12.8 Å². The Kier molecular flexibility index (Phi) is 4.45. The molecular formula is C13H26N4O. The minimum absolute atomic E-state index is 0.203. The van der Waals surface area contributed by atoms with E-state index < -0.39 is 0 Å². The van der Waals surface area contributed by atoms with E-state index >= 15 is 0 Å². The Morgan fingerprint density at radius 1 is 1.28 bits per heavy atom. The standard InChI is InChI=1S/C13H26N4O/c1-14-6-9-17-10-12(16(3)13(17)18)11-4-7-15(2)8-5-11/h11-12,14H,4-10H2,1-3H3. The van der Waals surface area contributed by atoms with E-state index in [1.54, 1.807) is 0 Å². The van der Waals surface area contributed by atoms with E-state index in [2.05, 4.69) is 17.3 Å². The first-order chi connectivity index (χ1) is 8.63. The van der Waals surface area contributed by atoms with Gasteiger partial charge in [-0.1, -0.05) is 0 Å². The van der Waals surface area contributed by atoms with E-state index in [4.69, 9.17) is 0 Å². The van der Waals surface area contributed by atoms with Gasteiger partial charge in [0.15, 0.2) is 0 Å². The molecule has 0 aliphatic carbocycles. The molecule has 0 saturated carbocycles. The Morgan fingerprint density at radius 2 is 1.94 bits per heavy atom. The van der Waals surface area contributed by atoms with Crippen molar-refractivity contribution < 1.29 is 4.79 Å². The van der Waals surface area contributed by atoms with Gasteiger partial charge in [-0.25, -0.2) is 4.79 Å². The number of carbonyl (C=O) groups is 1. The second-order valence-corrected chi connectivity index (χ2v) is 5.65. The summed E-state index contributed by atoms with van der Waals surface area (Å²) in [6, 6.07) is 0.622. The van der Waals surface area contributed by atoms with E-state index in [0.29, 0.717) is 12.0 Å². The monoisotopic (exact) mass is 254 g/mol. The SMILES string of the molecule is CNCCN1CC(C2CCN(C)CC2)N(C)C1=O. The van der Waals surface area contributed by atoms with E-state index in [-0.39, 0.29) is 6.03 Å². The molecule has 0 radical (unpaired) electrons. The van der Waals surface area contributed by atoms with Gasteiger partial charge in [0, 0.05) is 26.7 Å². The third kappa shape index (κ3) is 2.78. The van der Waals surface area contributed by atoms with Crippen molar-refractivity contribution in [1.29, 1.82) is 0 Å². The molecule has 5 heteroatoms. The molecule has 2 saturated heterocycles. The van der Waals surface area contributed by atoms with Crippen LogP contribution in [0.25, 0.3) is 0 Å². The number of nitrogens with zero attached hydrogens (tertiary/aromatic N) is 3. The van der Waals surface area contributed by atoms with Crippen LogP contribution in [0, 0.1) is 5.92 Å². The first-order valence-electron chi connectivity index (χ1n) is 6.98. The van der Waals surface area contributed by atoms with Gasteiger partial charge in [0.1, 0.15) is 0 Å². The lowest BCUT2D eigenvalue weighted by molar-refractivity contribution is 0.150. The molecule has 0 aromatic rings. The van der Waals surface area contributed by atoms with Crippen molar-refractivity contribution in [2.75, 3.05) is 53.9 Å². The van der Waals surface area contributed by atoms with Crippen LogP contribution in [0.15, 0.2) is 0 Å². The van der Waals surface area contributed by atoms with Crippen LogP contribution in [0.2, 0.25) is 0 Å². The fourth-order valence-electron chi connectivity index (χ4n) is 3.10. The fourth-order valence-corrected chi connectivity index (χ4v) is 3.10. The summed E-state index contributed by atoms with van der Waals surface area (Å²) in [5.41, 5.74) is 0. The molecule has 1 atom stereocenters. The highest BCUT2D eigenvalue weighted by Crippen LogP contribution is 2.27. The summed E-state index contributed by atoms with van der Waals surface area (Å²) in [6.45, 7) is 4.94. The molecule has 2 rings (SSSR count). The van der Waals surface area contributed by atoms with E-state index in [1.165, 1.54) is 25.9 Å². The van der Waals surface area contributed by atoms with Crippen LogP contribution >= 0.6 is 0 Å². The zero-order chi connectivity index (χ0) is 13.1. The highest BCUT2D eigenvalue weighted by atomic mass is 16.2. The number of likely N-dealkylation sites (N-methyl/N-ethyl adjacent to an activating group) is 2. The molecule has 2 aliphatic rings. The second kappa shape index (κ2) is 5.89. The zero-order valence-corrected chi connectivity index (χ0v) is 11.9. The van der Waals surface area contributed by atoms with Crippen LogP contribution in [0.5, 0.6) is 0 Å². The van der Waals surface area contributed by atoms with Crippen LogP contribution in [-0.2, 0) is 0 Å². The number of rotatable bonds is 4. The normalized spacial score (nSPS) is 27.3. The Labute approximate surface area is 110 Å². The van der Waals surface area contributed by atoms with Crippen LogP contribution < -0.4 is 5.32 Å². The number of hydrogen-bond acceptors (Lipinski definition) is 3. The van der Waals surface area contributed by atoms with Gasteiger partial charge in [-0.2, -0.15) is 0 Å². The Balaban J connectivity index is 1.91. The minimum Gasteiger partial charge on any atom is -0.323 e. The van der Waals surface area contributed by atoms with Gasteiger partial charge < -0.3 is 20.0 Å². The van der Waals surface area contributed by atoms with E-state index in [0.717, 1.165) is 19.6 Å². The van der Waals surface area contributed by atoms with Crippen molar-refractivity contribution in [2.45, 2.75) is 18.9 Å². The van der Waals surface area contributed by atoms with Gasteiger partial charge in [0.2, 0.25) is 0 Å². The molecule has 104 valence electrons. The quantitative estimate of drug-likeness (QED) is 0.783. The summed E-state index contributed by atoms with van der Waals surface area (Å²) >= 11 is 0. The van der Waals surface area contributed by atoms with Crippen molar-refractivity contribution >= 4 is 6.03 Å². The number of urea groups is 1. The van der Waals surface area contributed by atoms with Gasteiger partial charge in [0.05, 0.1) is 6.04 Å². The van der Waals surface area contributed by atoms with Crippen LogP contribution in [0.3, 0.4) is 0 Å². The van der Waals surface area contributed by atoms with Crippen LogP contribution in [0.4, 0.5) is 4.79 Å². The summed E-state index contributed by atoms with van der Waals surface area (Å²) in [5, 5.41) is 3.11. The predicted molar refractivity (Wildman–Crippen MR) is 72.7 cm³/mol. The number of nitrogens with one attached hydrogen (secondary N) is 1. The Morgan fingerprint density at radius 3 is 2.56 bits per heavy atom. The van der Waals surface area contributed by atoms with Crippen molar-refractivity contribution in [3.8, 4) is 0 Å². The smallest absolute Gasteiger partial charge is 0.320 e. The maximum atomic E-state index is 12.1. The minimum atomic E-state index is 0.203. The number of amides is 2. The van der Waals surface area contributed by atoms with Crippen molar-refractivity contribution in [2.24, 2.45) is 5.92 Å². The maximum Gasteiger partial charge on any atom is 0.320 e. The molecule has 2 aliphatic heterocycles. The third-order valence-electron chi connectivity index (χ3n) is 4.42. The molecule has 18 heavy (non-hydrogen) atoms. The van der Waals surface area contributed by atoms with Gasteiger partial charge in [-0.05, 0) is 45.9 Å². The first kappa shape index (κ1) is 13.6. The number of hydrogen-bond donors (Lipinski definition) is 1. The first-order valence-corrected chi connectivity index (χ1v) is 6.98. The lowest BCUT2D eigenvalue weighted by Gasteiger charge is -2.34. The van der Waals surface area contributed by atoms with Gasteiger partial charge in [-0.3, -0.25) is 0 Å². The second-order valence-electron chi connectivity index (χ2n) is 5.65. The van der Waals surface area contributed by atoms with Crippen molar-refractivity contribution in [3.63, 3.8) is 0 Å². The van der Waals surface area contributed by atoms with Crippen LogP contribution in [-0.4, -0.2) is 80.6 Å². The zero-order valence-electron chi connectivity index (χ0n) is 11.9. The molecule has 5 nitrogen and oxygen atoms in total. The summed E-state index contributed by atoms with van der Waals surface area (Å²) in [7, 11) is 6.07. The largest absolute Gasteiger partial charge is 0.323 e. The topological polar surface area (TPSA) is 38.8 Å². The van der Waals surface area contributed by atoms with E-state index in [9.17, 15) is 4.79 Å². The van der Waals surface area contributed by atoms with Crippen molar-refractivity contribution in [1.82, 2.24) is 20.0 Å². The fraction of sp³-hybridized carbons (Fsp3) is 0.923. The molecule has 2 heterocycles. The molecular weight excluding hydrogens is 228 g/mol. The molecule has 1 N–H and O–H groups in total. The average Bonchev–Trinajstić information content (AvgIpc) is 2.65. The Hall–Kier alpha value is -0.810. The number of piperidine rings is 1. The predicted octanol–water partition coefficient (Wildman–Crippen LogP) is 0.284. The molecule has 2 fully saturated rings. The summed E-state index contributed by atoms with van der Waals surface area (Å²) < 4.78 is 0. The summed E-state index contributed by atoms with van der Waals surface area (Å²) in [5.74, 6) is 0.676. The van der Waals surface area contributed by atoms with E-state index in [1.807, 2.05) is 23.9 Å².